The molecule has 0 aliphatic rings. The molecule has 4 nitrogen and oxygen atoms in total. The molecule has 0 unspecified atom stereocenters. The molecule has 0 saturated heterocycles. The standard InChI is InChI=1S/C15H17ClN2O2S/c1-10-3-5-12(6-4-10)9-18-21(19,20)15-8-14(17)13(16)7-11(15)2/h3-8,18H,9,17H2,1-2H3. The Hall–Kier alpha value is -1.56. The summed E-state index contributed by atoms with van der Waals surface area (Å²) in [7, 11) is -3.63. The highest BCUT2D eigenvalue weighted by Crippen LogP contribution is 2.26. The Bertz CT molecular complexity index is 756. The molecule has 6 heteroatoms. The van der Waals surface area contributed by atoms with Crippen molar-refractivity contribution >= 4 is 27.3 Å². The average Bonchev–Trinajstić information content (AvgIpc) is 2.42. The maximum Gasteiger partial charge on any atom is 0.241 e. The molecular weight excluding hydrogens is 308 g/mol. The second kappa shape index (κ2) is 6.05. The molecule has 0 aliphatic carbocycles. The molecule has 21 heavy (non-hydrogen) atoms. The van der Waals surface area contributed by atoms with Gasteiger partial charge in [0, 0.05) is 6.54 Å². The van der Waals surface area contributed by atoms with Gasteiger partial charge >= 0.3 is 0 Å². The normalized spacial score (nSPS) is 11.6. The Morgan fingerprint density at radius 1 is 1.14 bits per heavy atom. The number of nitrogens with two attached hydrogens (primary N) is 1. The smallest absolute Gasteiger partial charge is 0.241 e. The minimum Gasteiger partial charge on any atom is -0.397 e. The third kappa shape index (κ3) is 3.75. The van der Waals surface area contributed by atoms with Crippen LogP contribution in [0.1, 0.15) is 16.7 Å². The lowest BCUT2D eigenvalue weighted by Gasteiger charge is -2.11. The van der Waals surface area contributed by atoms with E-state index in [4.69, 9.17) is 17.3 Å². The number of aryl methyl sites for hydroxylation is 2. The Balaban J connectivity index is 2.22. The highest BCUT2D eigenvalue weighted by Gasteiger charge is 2.18. The van der Waals surface area contributed by atoms with Crippen LogP contribution in [0.25, 0.3) is 0 Å². The van der Waals surface area contributed by atoms with Gasteiger partial charge in [-0.2, -0.15) is 0 Å². The zero-order chi connectivity index (χ0) is 15.6. The van der Waals surface area contributed by atoms with Crippen molar-refractivity contribution in [3.63, 3.8) is 0 Å². The van der Waals surface area contributed by atoms with Crippen LogP contribution in [0.3, 0.4) is 0 Å². The van der Waals surface area contributed by atoms with Crippen LogP contribution < -0.4 is 10.5 Å². The van der Waals surface area contributed by atoms with Crippen LogP contribution in [0, 0.1) is 13.8 Å². The van der Waals surface area contributed by atoms with Crippen LogP contribution in [-0.4, -0.2) is 8.42 Å². The second-order valence-corrected chi connectivity index (χ2v) is 7.09. The number of hydrogen-bond acceptors (Lipinski definition) is 3. The average molecular weight is 325 g/mol. The molecule has 112 valence electrons. The van der Waals surface area contributed by atoms with Crippen molar-refractivity contribution in [1.82, 2.24) is 4.72 Å². The topological polar surface area (TPSA) is 72.2 Å². The summed E-state index contributed by atoms with van der Waals surface area (Å²) in [5.74, 6) is 0. The van der Waals surface area contributed by atoms with E-state index in [-0.39, 0.29) is 17.1 Å². The predicted octanol–water partition coefficient (Wildman–Crippen LogP) is 3.02. The van der Waals surface area contributed by atoms with Gasteiger partial charge in [-0.1, -0.05) is 41.4 Å². The van der Waals surface area contributed by atoms with Crippen LogP contribution in [0.5, 0.6) is 0 Å². The third-order valence-electron chi connectivity index (χ3n) is 3.17. The molecule has 0 bridgehead atoms. The van der Waals surface area contributed by atoms with Crippen molar-refractivity contribution < 1.29 is 8.42 Å². The Labute approximate surface area is 130 Å². The zero-order valence-electron chi connectivity index (χ0n) is 11.9. The van der Waals surface area contributed by atoms with Gasteiger partial charge in [0.15, 0.2) is 0 Å². The summed E-state index contributed by atoms with van der Waals surface area (Å²) >= 11 is 5.88. The van der Waals surface area contributed by atoms with Gasteiger partial charge in [0.25, 0.3) is 0 Å². The van der Waals surface area contributed by atoms with Gasteiger partial charge in [-0.25, -0.2) is 13.1 Å². The number of benzene rings is 2. The maximum atomic E-state index is 12.3. The predicted molar refractivity (Wildman–Crippen MR) is 85.8 cm³/mol. The van der Waals surface area contributed by atoms with Crippen LogP contribution in [0.2, 0.25) is 5.02 Å². The minimum atomic E-state index is -3.63. The first kappa shape index (κ1) is 15.8. The number of nitrogen functional groups attached to an aromatic ring is 1. The summed E-state index contributed by atoms with van der Waals surface area (Å²) in [5, 5.41) is 0.352. The maximum absolute atomic E-state index is 12.3. The number of halogens is 1. The molecule has 0 atom stereocenters. The van der Waals surface area contributed by atoms with Gasteiger partial charge in [0.2, 0.25) is 10.0 Å². The van der Waals surface area contributed by atoms with Crippen molar-refractivity contribution in [2.45, 2.75) is 25.3 Å². The third-order valence-corrected chi connectivity index (χ3v) is 5.04. The van der Waals surface area contributed by atoms with E-state index in [0.717, 1.165) is 11.1 Å². The molecular formula is C15H17ClN2O2S. The first-order valence-corrected chi connectivity index (χ1v) is 8.26. The molecule has 2 aromatic rings. The monoisotopic (exact) mass is 324 g/mol. The molecule has 0 amide bonds. The van der Waals surface area contributed by atoms with Gasteiger partial charge in [0.1, 0.15) is 0 Å². The summed E-state index contributed by atoms with van der Waals surface area (Å²) in [5.41, 5.74) is 8.51. The molecule has 0 radical (unpaired) electrons. The van der Waals surface area contributed by atoms with E-state index in [1.807, 2.05) is 31.2 Å². The van der Waals surface area contributed by atoms with Gasteiger partial charge in [-0.15, -0.1) is 0 Å². The van der Waals surface area contributed by atoms with Gasteiger partial charge in [0.05, 0.1) is 15.6 Å². The lowest BCUT2D eigenvalue weighted by Crippen LogP contribution is -2.24. The molecule has 2 rings (SSSR count). The molecule has 0 heterocycles. The first-order valence-electron chi connectivity index (χ1n) is 6.40. The van der Waals surface area contributed by atoms with E-state index in [0.29, 0.717) is 10.6 Å². The molecule has 3 N–H and O–H groups in total. The van der Waals surface area contributed by atoms with Crippen molar-refractivity contribution in [2.75, 3.05) is 5.73 Å². The molecule has 0 saturated carbocycles. The molecule has 0 spiro atoms. The van der Waals surface area contributed by atoms with Crippen LogP contribution >= 0.6 is 11.6 Å². The fourth-order valence-corrected chi connectivity index (χ4v) is 3.42. The summed E-state index contributed by atoms with van der Waals surface area (Å²) in [6, 6.07) is 10.6. The number of nitrogens with one attached hydrogen (secondary N) is 1. The summed E-state index contributed by atoms with van der Waals surface area (Å²) in [6.07, 6.45) is 0. The van der Waals surface area contributed by atoms with E-state index in [2.05, 4.69) is 4.72 Å². The fourth-order valence-electron chi connectivity index (χ4n) is 1.92. The van der Waals surface area contributed by atoms with Crippen LogP contribution in [-0.2, 0) is 16.6 Å². The highest BCUT2D eigenvalue weighted by atomic mass is 35.5. The van der Waals surface area contributed by atoms with Crippen molar-refractivity contribution in [3.8, 4) is 0 Å². The SMILES string of the molecule is Cc1ccc(CNS(=O)(=O)c2cc(N)c(Cl)cc2C)cc1. The Kier molecular flexibility index (Phi) is 4.56. The van der Waals surface area contributed by atoms with Crippen molar-refractivity contribution in [1.29, 1.82) is 0 Å². The number of hydrogen-bond donors (Lipinski definition) is 2. The van der Waals surface area contributed by atoms with E-state index < -0.39 is 10.0 Å². The number of rotatable bonds is 4. The van der Waals surface area contributed by atoms with E-state index >= 15 is 0 Å². The van der Waals surface area contributed by atoms with E-state index in [9.17, 15) is 8.42 Å². The minimum absolute atomic E-state index is 0.150. The zero-order valence-corrected chi connectivity index (χ0v) is 13.4. The fraction of sp³-hybridized carbons (Fsp3) is 0.200. The van der Waals surface area contributed by atoms with Crippen molar-refractivity contribution in [2.24, 2.45) is 0 Å². The molecule has 0 fully saturated rings. The Morgan fingerprint density at radius 2 is 1.76 bits per heavy atom. The summed E-state index contributed by atoms with van der Waals surface area (Å²) in [6.45, 7) is 3.89. The first-order chi connectivity index (χ1) is 9.79. The number of anilines is 1. The lowest BCUT2D eigenvalue weighted by atomic mass is 10.2. The largest absolute Gasteiger partial charge is 0.397 e. The number of sulfonamides is 1. The van der Waals surface area contributed by atoms with E-state index in [1.165, 1.54) is 6.07 Å². The Morgan fingerprint density at radius 3 is 2.38 bits per heavy atom. The van der Waals surface area contributed by atoms with Crippen molar-refractivity contribution in [3.05, 3.63) is 58.1 Å². The highest BCUT2D eigenvalue weighted by molar-refractivity contribution is 7.89. The quantitative estimate of drug-likeness (QED) is 0.849. The second-order valence-electron chi connectivity index (χ2n) is 4.95. The summed E-state index contributed by atoms with van der Waals surface area (Å²) in [4.78, 5) is 0.150. The van der Waals surface area contributed by atoms with Gasteiger partial charge in [-0.05, 0) is 37.1 Å². The molecule has 0 aromatic heterocycles. The van der Waals surface area contributed by atoms with Gasteiger partial charge in [-0.3, -0.25) is 0 Å². The summed E-state index contributed by atoms with van der Waals surface area (Å²) < 4.78 is 27.3. The van der Waals surface area contributed by atoms with E-state index in [1.54, 1.807) is 13.0 Å². The molecule has 2 aromatic carbocycles. The van der Waals surface area contributed by atoms with Crippen LogP contribution in [0.4, 0.5) is 5.69 Å². The van der Waals surface area contributed by atoms with Gasteiger partial charge < -0.3 is 5.73 Å². The van der Waals surface area contributed by atoms with Crippen LogP contribution in [0.15, 0.2) is 41.3 Å². The lowest BCUT2D eigenvalue weighted by molar-refractivity contribution is 0.580. The molecule has 0 aliphatic heterocycles.